The molecule has 0 atom stereocenters. The van der Waals surface area contributed by atoms with Gasteiger partial charge in [-0.1, -0.05) is 40.2 Å². The van der Waals surface area contributed by atoms with E-state index < -0.39 is 0 Å². The predicted octanol–water partition coefficient (Wildman–Crippen LogP) is 2.74. The van der Waals surface area contributed by atoms with Gasteiger partial charge < -0.3 is 0 Å². The Morgan fingerprint density at radius 2 is 1.62 bits per heavy atom. The first-order valence-corrected chi connectivity index (χ1v) is 4.87. The van der Waals surface area contributed by atoms with Crippen LogP contribution in [-0.4, -0.2) is 9.52 Å². The van der Waals surface area contributed by atoms with Crippen molar-refractivity contribution >= 4 is 9.52 Å². The van der Waals surface area contributed by atoms with Gasteiger partial charge in [-0.3, -0.25) is 0 Å². The van der Waals surface area contributed by atoms with Gasteiger partial charge in [0.2, 0.25) is 0 Å². The van der Waals surface area contributed by atoms with Crippen molar-refractivity contribution in [2.75, 3.05) is 0 Å². The summed E-state index contributed by atoms with van der Waals surface area (Å²) < 4.78 is 0. The minimum atomic E-state index is 0.653. The average Bonchev–Trinajstić information content (AvgIpc) is 1.87. The van der Waals surface area contributed by atoms with Gasteiger partial charge in [0.25, 0.3) is 0 Å². The Morgan fingerprint density at radius 3 is 1.62 bits per heavy atom. The molecule has 0 aromatic heterocycles. The Balaban J connectivity index is 3.58. The summed E-state index contributed by atoms with van der Waals surface area (Å²) in [6.07, 6.45) is 2.66. The molecule has 8 heavy (non-hydrogen) atoms. The highest BCUT2D eigenvalue weighted by atomic mass is 28.2. The maximum Gasteiger partial charge on any atom is 0.0417 e. The summed E-state index contributed by atoms with van der Waals surface area (Å²) in [7, 11) is 1.10. The number of hydrogen-bond donors (Lipinski definition) is 0. The Morgan fingerprint density at radius 1 is 1.25 bits per heavy atom. The second kappa shape index (κ2) is 3.28. The molecule has 0 aliphatic heterocycles. The van der Waals surface area contributed by atoms with Crippen molar-refractivity contribution in [2.24, 2.45) is 0 Å². The molecular weight excluding hydrogens is 112 g/mol. The fraction of sp³-hybridized carbons (Fsp3) is 1.00. The molecule has 1 heteroatoms. The lowest BCUT2D eigenvalue weighted by atomic mass is 10.1. The second-order valence-corrected chi connectivity index (χ2v) is 4.22. The second-order valence-electron chi connectivity index (χ2n) is 2.52. The van der Waals surface area contributed by atoms with E-state index in [1.54, 1.807) is 0 Å². The van der Waals surface area contributed by atoms with Crippen molar-refractivity contribution in [2.45, 2.75) is 45.2 Å². The highest BCUT2D eigenvalue weighted by Crippen LogP contribution is 2.31. The van der Waals surface area contributed by atoms with E-state index in [2.05, 4.69) is 27.3 Å². The molecular formula is C7H16Si. The molecule has 0 unspecified atom stereocenters. The molecule has 48 valence electrons. The SMILES string of the molecule is CCC(C)(CC)[Si]C. The average molecular weight is 128 g/mol. The maximum absolute atomic E-state index is 2.37. The molecule has 0 rings (SSSR count). The highest BCUT2D eigenvalue weighted by Gasteiger charge is 2.16. The van der Waals surface area contributed by atoms with Crippen molar-refractivity contribution in [3.8, 4) is 0 Å². The lowest BCUT2D eigenvalue weighted by molar-refractivity contribution is 0.564. The van der Waals surface area contributed by atoms with Crippen LogP contribution in [0.5, 0.6) is 0 Å². The standard InChI is InChI=1S/C7H16Si/c1-5-7(3,6-2)8-4/h5-6H2,1-4H3. The largest absolute Gasteiger partial charge is 0.0728 e. The molecule has 0 aliphatic carbocycles. The molecule has 0 heterocycles. The summed E-state index contributed by atoms with van der Waals surface area (Å²) in [5.41, 5.74) is 0. The zero-order valence-corrected chi connectivity index (χ0v) is 7.41. The molecule has 0 amide bonds. The molecule has 0 nitrogen and oxygen atoms in total. The van der Waals surface area contributed by atoms with E-state index in [0.717, 1.165) is 9.52 Å². The molecule has 2 radical (unpaired) electrons. The number of hydrogen-bond acceptors (Lipinski definition) is 0. The van der Waals surface area contributed by atoms with Crippen LogP contribution >= 0.6 is 0 Å². The van der Waals surface area contributed by atoms with E-state index in [1.807, 2.05) is 0 Å². The highest BCUT2D eigenvalue weighted by molar-refractivity contribution is 6.38. The predicted molar refractivity (Wildman–Crippen MR) is 40.6 cm³/mol. The topological polar surface area (TPSA) is 0 Å². The fourth-order valence-electron chi connectivity index (χ4n) is 0.604. The van der Waals surface area contributed by atoms with E-state index >= 15 is 0 Å². The molecule has 0 saturated carbocycles. The van der Waals surface area contributed by atoms with E-state index in [9.17, 15) is 0 Å². The summed E-state index contributed by atoms with van der Waals surface area (Å²) in [5.74, 6) is 0. The van der Waals surface area contributed by atoms with Crippen LogP contribution in [0, 0.1) is 0 Å². The Bertz CT molecular complexity index is 47.1. The van der Waals surface area contributed by atoms with Crippen molar-refractivity contribution in [3.05, 3.63) is 0 Å². The van der Waals surface area contributed by atoms with E-state index in [-0.39, 0.29) is 0 Å². The van der Waals surface area contributed by atoms with E-state index in [1.165, 1.54) is 12.8 Å². The molecule has 0 saturated heterocycles. The number of rotatable bonds is 3. The van der Waals surface area contributed by atoms with Gasteiger partial charge in [-0.25, -0.2) is 0 Å². The van der Waals surface area contributed by atoms with Crippen LogP contribution in [0.2, 0.25) is 11.6 Å². The summed E-state index contributed by atoms with van der Waals surface area (Å²) in [5, 5.41) is 0.653. The third-order valence-electron chi connectivity index (χ3n) is 2.16. The van der Waals surface area contributed by atoms with Gasteiger partial charge in [0.1, 0.15) is 0 Å². The smallest absolute Gasteiger partial charge is 0.0417 e. The molecule has 0 aliphatic rings. The van der Waals surface area contributed by atoms with Crippen molar-refractivity contribution in [1.82, 2.24) is 0 Å². The van der Waals surface area contributed by atoms with Gasteiger partial charge in [-0.2, -0.15) is 0 Å². The van der Waals surface area contributed by atoms with Crippen LogP contribution in [0.15, 0.2) is 0 Å². The minimum absolute atomic E-state index is 0.653. The van der Waals surface area contributed by atoms with Crippen molar-refractivity contribution < 1.29 is 0 Å². The van der Waals surface area contributed by atoms with Crippen LogP contribution < -0.4 is 0 Å². The van der Waals surface area contributed by atoms with Gasteiger partial charge in [-0.15, -0.1) is 0 Å². The molecule has 0 fully saturated rings. The van der Waals surface area contributed by atoms with Gasteiger partial charge in [-0.05, 0) is 5.04 Å². The molecule has 0 N–H and O–H groups in total. The summed E-state index contributed by atoms with van der Waals surface area (Å²) >= 11 is 0. The molecule has 0 aromatic rings. The molecule has 0 spiro atoms. The fourth-order valence-corrected chi connectivity index (χ4v) is 1.31. The minimum Gasteiger partial charge on any atom is -0.0728 e. The van der Waals surface area contributed by atoms with E-state index in [0.29, 0.717) is 5.04 Å². The lowest BCUT2D eigenvalue weighted by Gasteiger charge is -2.23. The van der Waals surface area contributed by atoms with Crippen LogP contribution in [-0.2, 0) is 0 Å². The van der Waals surface area contributed by atoms with Crippen LogP contribution in [0.3, 0.4) is 0 Å². The van der Waals surface area contributed by atoms with E-state index in [4.69, 9.17) is 0 Å². The molecule has 0 bridgehead atoms. The Labute approximate surface area is 55.5 Å². The van der Waals surface area contributed by atoms with Gasteiger partial charge >= 0.3 is 0 Å². The van der Waals surface area contributed by atoms with Crippen LogP contribution in [0.25, 0.3) is 0 Å². The zero-order chi connectivity index (χ0) is 6.62. The quantitative estimate of drug-likeness (QED) is 0.513. The summed E-state index contributed by atoms with van der Waals surface area (Å²) in [4.78, 5) is 0. The Hall–Kier alpha value is 0.217. The normalized spacial score (nSPS) is 12.0. The van der Waals surface area contributed by atoms with Crippen LogP contribution in [0.4, 0.5) is 0 Å². The first-order chi connectivity index (χ1) is 3.68. The van der Waals surface area contributed by atoms with Crippen LogP contribution in [0.1, 0.15) is 33.6 Å². The van der Waals surface area contributed by atoms with Gasteiger partial charge in [0.15, 0.2) is 0 Å². The van der Waals surface area contributed by atoms with Gasteiger partial charge in [0, 0.05) is 9.52 Å². The third-order valence-corrected chi connectivity index (χ3v) is 4.08. The molecule has 0 aromatic carbocycles. The monoisotopic (exact) mass is 128 g/mol. The zero-order valence-electron chi connectivity index (χ0n) is 6.41. The first kappa shape index (κ1) is 8.22. The first-order valence-electron chi connectivity index (χ1n) is 3.37. The third kappa shape index (κ3) is 1.99. The van der Waals surface area contributed by atoms with Crippen molar-refractivity contribution in [1.29, 1.82) is 0 Å². The lowest BCUT2D eigenvalue weighted by Crippen LogP contribution is -2.11. The summed E-state index contributed by atoms with van der Waals surface area (Å²) in [6, 6.07) is 0. The Kier molecular flexibility index (Phi) is 3.37. The van der Waals surface area contributed by atoms with Crippen molar-refractivity contribution in [3.63, 3.8) is 0 Å². The maximum atomic E-state index is 2.37. The summed E-state index contributed by atoms with van der Waals surface area (Å²) in [6.45, 7) is 9.22. The van der Waals surface area contributed by atoms with Gasteiger partial charge in [0.05, 0.1) is 0 Å².